The summed E-state index contributed by atoms with van der Waals surface area (Å²) in [5.74, 6) is -2.06. The topological polar surface area (TPSA) is 156 Å². The number of aliphatic carboxylic acids is 1. The van der Waals surface area contributed by atoms with Crippen LogP contribution < -0.4 is 15.5 Å². The van der Waals surface area contributed by atoms with Crippen molar-refractivity contribution in [3.8, 4) is 6.07 Å². The first-order valence-electron chi connectivity index (χ1n) is 14.5. The molecule has 0 spiro atoms. The number of allylic oxidation sites excluding steroid dienone is 2. The predicted octanol–water partition coefficient (Wildman–Crippen LogP) is 6.56. The normalized spacial score (nSPS) is 13.7. The Kier molecular flexibility index (Phi) is 9.88. The predicted molar refractivity (Wildman–Crippen MR) is 170 cm³/mol. The Morgan fingerprint density at radius 1 is 1.06 bits per heavy atom. The van der Waals surface area contributed by atoms with Gasteiger partial charge in [0.2, 0.25) is 0 Å². The van der Waals surface area contributed by atoms with Crippen molar-refractivity contribution in [2.75, 3.05) is 16.8 Å². The molecule has 4 aromatic rings. The van der Waals surface area contributed by atoms with E-state index in [4.69, 9.17) is 5.11 Å². The molecule has 0 bridgehead atoms. The van der Waals surface area contributed by atoms with E-state index < -0.39 is 42.3 Å². The molecule has 0 unspecified atom stereocenters. The number of hydrogen-bond acceptors (Lipinski definition) is 7. The van der Waals surface area contributed by atoms with Gasteiger partial charge in [-0.05, 0) is 78.8 Å². The van der Waals surface area contributed by atoms with Gasteiger partial charge in [-0.1, -0.05) is 41.7 Å². The monoisotopic (exact) mass is 663 g/mol. The Hall–Kier alpha value is -5.26. The number of amides is 3. The smallest absolute Gasteiger partial charge is 0.416 e. The summed E-state index contributed by atoms with van der Waals surface area (Å²) in [7, 11) is 0. The number of carboxylic acids is 1. The molecule has 0 saturated carbocycles. The highest BCUT2D eigenvalue weighted by atomic mass is 32.1. The molecule has 1 heterocycles. The van der Waals surface area contributed by atoms with Crippen LogP contribution in [-0.4, -0.2) is 45.8 Å². The lowest BCUT2D eigenvalue weighted by atomic mass is 9.93. The van der Waals surface area contributed by atoms with Crippen LogP contribution in [0.1, 0.15) is 58.3 Å². The lowest BCUT2D eigenvalue weighted by molar-refractivity contribution is -0.146. The maximum Gasteiger partial charge on any atom is 0.416 e. The van der Waals surface area contributed by atoms with Crippen molar-refractivity contribution >= 4 is 55.9 Å². The second-order valence-electron chi connectivity index (χ2n) is 10.8. The van der Waals surface area contributed by atoms with Crippen LogP contribution in [0.5, 0.6) is 0 Å². The molecule has 0 aliphatic heterocycles. The largest absolute Gasteiger partial charge is 0.479 e. The van der Waals surface area contributed by atoms with Crippen LogP contribution in [0.15, 0.2) is 66.7 Å². The van der Waals surface area contributed by atoms with Crippen molar-refractivity contribution in [1.29, 1.82) is 5.26 Å². The fourth-order valence-corrected chi connectivity index (χ4v) is 5.95. The maximum atomic E-state index is 13.7. The summed E-state index contributed by atoms with van der Waals surface area (Å²) in [5.41, 5.74) is 2.30. The number of nitriles is 1. The molecule has 14 heteroatoms. The van der Waals surface area contributed by atoms with Crippen LogP contribution in [0.3, 0.4) is 0 Å². The molecule has 3 amide bonds. The number of urea groups is 1. The fourth-order valence-electron chi connectivity index (χ4n) is 5.05. The third-order valence-corrected chi connectivity index (χ3v) is 8.56. The highest BCUT2D eigenvalue weighted by Gasteiger charge is 2.32. The average Bonchev–Trinajstić information content (AvgIpc) is 3.48. The Labute approximate surface area is 270 Å². The summed E-state index contributed by atoms with van der Waals surface area (Å²) >= 11 is 0.884. The fraction of sp³-hybridized carbons (Fsp3) is 0.242. The number of nitrogens with one attached hydrogen (secondary N) is 2. The van der Waals surface area contributed by atoms with Crippen LogP contribution in [0.4, 0.5) is 28.8 Å². The molecule has 242 valence electrons. The number of alkyl halides is 3. The summed E-state index contributed by atoms with van der Waals surface area (Å²) in [6.45, 7) is -0.448. The molecule has 0 saturated heterocycles. The number of aliphatic hydroxyl groups excluding tert-OH is 1. The second-order valence-corrected chi connectivity index (χ2v) is 11.8. The van der Waals surface area contributed by atoms with Crippen molar-refractivity contribution in [2.24, 2.45) is 0 Å². The molecule has 0 radical (unpaired) electrons. The number of carbonyl (C=O) groups is 3. The summed E-state index contributed by atoms with van der Waals surface area (Å²) < 4.78 is 40.4. The number of benzene rings is 3. The molecule has 10 nitrogen and oxygen atoms in total. The number of aromatic nitrogens is 1. The molecule has 47 heavy (non-hydrogen) atoms. The maximum absolute atomic E-state index is 13.7. The number of aliphatic hydroxyl groups is 1. The summed E-state index contributed by atoms with van der Waals surface area (Å²) in [4.78, 5) is 42.5. The van der Waals surface area contributed by atoms with Crippen LogP contribution in [-0.2, 0) is 17.5 Å². The number of thiazole rings is 1. The van der Waals surface area contributed by atoms with Crippen LogP contribution in [0.2, 0.25) is 0 Å². The zero-order valence-electron chi connectivity index (χ0n) is 24.7. The van der Waals surface area contributed by atoms with Gasteiger partial charge in [-0.15, -0.1) is 0 Å². The number of hydrogen-bond donors (Lipinski definition) is 4. The number of anilines is 2. The van der Waals surface area contributed by atoms with Gasteiger partial charge >= 0.3 is 18.2 Å². The van der Waals surface area contributed by atoms with Crippen LogP contribution in [0, 0.1) is 11.3 Å². The summed E-state index contributed by atoms with van der Waals surface area (Å²) in [6, 6.07) is 16.3. The molecular formula is C33H28F3N5O5S. The first-order valence-corrected chi connectivity index (χ1v) is 15.3. The SMILES string of the molecule is N#Cc1cc(C(F)(F)F)cc2nc(NC(=O)N(Cc3ccc(C(=O)NC[C@@H](O)C(=O)O)cc3)c3ccc(C4=CCCCC4)cc3)sc12. The zero-order chi connectivity index (χ0) is 33.7. The van der Waals surface area contributed by atoms with Crippen molar-refractivity contribution in [3.63, 3.8) is 0 Å². The van der Waals surface area contributed by atoms with E-state index in [2.05, 4.69) is 21.7 Å². The van der Waals surface area contributed by atoms with Gasteiger partial charge in [0.05, 0.1) is 34.4 Å². The van der Waals surface area contributed by atoms with Gasteiger partial charge in [0.15, 0.2) is 11.2 Å². The zero-order valence-corrected chi connectivity index (χ0v) is 25.5. The molecule has 1 aliphatic rings. The highest BCUT2D eigenvalue weighted by Crippen LogP contribution is 2.37. The Balaban J connectivity index is 1.40. The van der Waals surface area contributed by atoms with Gasteiger partial charge in [-0.25, -0.2) is 14.6 Å². The minimum atomic E-state index is -4.68. The van der Waals surface area contributed by atoms with E-state index in [1.807, 2.05) is 12.1 Å². The van der Waals surface area contributed by atoms with Gasteiger partial charge in [0, 0.05) is 11.3 Å². The lowest BCUT2D eigenvalue weighted by Crippen LogP contribution is -2.36. The number of rotatable bonds is 9. The molecule has 1 aliphatic carbocycles. The van der Waals surface area contributed by atoms with Crippen molar-refractivity contribution in [1.82, 2.24) is 10.3 Å². The van der Waals surface area contributed by atoms with E-state index >= 15 is 0 Å². The lowest BCUT2D eigenvalue weighted by Gasteiger charge is -2.24. The molecule has 1 atom stereocenters. The van der Waals surface area contributed by atoms with Gasteiger partial charge in [-0.3, -0.25) is 15.0 Å². The van der Waals surface area contributed by atoms with Gasteiger partial charge in [-0.2, -0.15) is 18.4 Å². The van der Waals surface area contributed by atoms with Crippen LogP contribution >= 0.6 is 11.3 Å². The molecule has 4 N–H and O–H groups in total. The first kappa shape index (κ1) is 33.1. The second kappa shape index (κ2) is 14.0. The van der Waals surface area contributed by atoms with E-state index in [0.717, 1.165) is 54.7 Å². The quantitative estimate of drug-likeness (QED) is 0.158. The van der Waals surface area contributed by atoms with E-state index in [9.17, 15) is 37.9 Å². The minimum absolute atomic E-state index is 0.00498. The summed E-state index contributed by atoms with van der Waals surface area (Å²) in [6.07, 6.45) is -0.0398. The number of carboxylic acid groups (broad SMARTS) is 1. The Morgan fingerprint density at radius 2 is 1.79 bits per heavy atom. The first-order chi connectivity index (χ1) is 22.4. The molecule has 1 aromatic heterocycles. The van der Waals surface area contributed by atoms with E-state index in [-0.39, 0.29) is 33.0 Å². The third-order valence-electron chi connectivity index (χ3n) is 7.54. The van der Waals surface area contributed by atoms with Gasteiger partial charge in [0.1, 0.15) is 6.07 Å². The molecule has 5 rings (SSSR count). The van der Waals surface area contributed by atoms with Crippen LogP contribution in [0.25, 0.3) is 15.8 Å². The van der Waals surface area contributed by atoms with Crippen molar-refractivity contribution < 1.29 is 37.8 Å². The van der Waals surface area contributed by atoms with Gasteiger partial charge in [0.25, 0.3) is 5.91 Å². The van der Waals surface area contributed by atoms with Crippen molar-refractivity contribution in [3.05, 3.63) is 94.6 Å². The molecule has 3 aromatic carbocycles. The number of carbonyl (C=O) groups excluding carboxylic acids is 2. The summed E-state index contributed by atoms with van der Waals surface area (Å²) in [5, 5.41) is 32.7. The average molecular weight is 664 g/mol. The molecular weight excluding hydrogens is 635 g/mol. The van der Waals surface area contributed by atoms with Gasteiger partial charge < -0.3 is 15.5 Å². The number of halogens is 3. The van der Waals surface area contributed by atoms with Crippen molar-refractivity contribution in [2.45, 2.75) is 44.5 Å². The number of nitrogens with zero attached hydrogens (tertiary/aromatic N) is 3. The van der Waals surface area contributed by atoms with E-state index in [1.54, 1.807) is 30.3 Å². The third kappa shape index (κ3) is 7.94. The van der Waals surface area contributed by atoms with E-state index in [0.29, 0.717) is 11.3 Å². The standard InChI is InChI=1S/C33H28F3N5O5S/c34-33(35,36)24-14-23(16-37)28-26(15-24)39-31(47-28)40-32(46)41(25-12-10-21(11-13-25)20-4-2-1-3-5-20)18-19-6-8-22(9-7-19)29(43)38-17-27(42)30(44)45/h4,6-15,27,42H,1-3,5,17-18H2,(H,38,43)(H,44,45)(H,39,40,46)/t27-/m1/s1. The molecule has 0 fully saturated rings. The Bertz CT molecular complexity index is 1880. The number of fused-ring (bicyclic) bond motifs is 1. The van der Waals surface area contributed by atoms with E-state index in [1.165, 1.54) is 22.6 Å². The highest BCUT2D eigenvalue weighted by molar-refractivity contribution is 7.22. The Morgan fingerprint density at radius 3 is 2.40 bits per heavy atom. The minimum Gasteiger partial charge on any atom is -0.479 e.